The molecule has 0 aliphatic heterocycles. The lowest BCUT2D eigenvalue weighted by atomic mass is 9.91. The Kier molecular flexibility index (Phi) is 13.5. The van der Waals surface area contributed by atoms with Crippen molar-refractivity contribution in [3.05, 3.63) is 95.3 Å². The van der Waals surface area contributed by atoms with Crippen LogP contribution in [0.4, 0.5) is 10.1 Å². The van der Waals surface area contributed by atoms with E-state index >= 15 is 0 Å². The number of benzene rings is 3. The van der Waals surface area contributed by atoms with Crippen LogP contribution in [0.3, 0.4) is 0 Å². The van der Waals surface area contributed by atoms with E-state index in [9.17, 15) is 4.39 Å². The smallest absolute Gasteiger partial charge is 0.125 e. The summed E-state index contributed by atoms with van der Waals surface area (Å²) >= 11 is 0. The molecule has 178 valence electrons. The third kappa shape index (κ3) is 10.1. The Balaban J connectivity index is 0.000000454. The Morgan fingerprint density at radius 2 is 1.48 bits per heavy atom. The molecule has 3 rings (SSSR count). The number of rotatable bonds is 7. The van der Waals surface area contributed by atoms with Crippen molar-refractivity contribution < 1.29 is 4.39 Å². The second-order valence-electron chi connectivity index (χ2n) is 8.18. The Labute approximate surface area is 201 Å². The van der Waals surface area contributed by atoms with Crippen molar-refractivity contribution in [3.8, 4) is 11.1 Å². The Morgan fingerprint density at radius 3 is 2.06 bits per heavy atom. The zero-order chi connectivity index (χ0) is 24.6. The number of hydrogen-bond acceptors (Lipinski definition) is 1. The molecule has 0 amide bonds. The van der Waals surface area contributed by atoms with Crippen LogP contribution < -0.4 is 5.73 Å². The maximum absolute atomic E-state index is 12.1. The number of unbranched alkanes of at least 4 members (excludes halogenated alkanes) is 3. The summed E-state index contributed by atoms with van der Waals surface area (Å²) in [7, 11) is 0. The molecule has 1 nitrogen and oxygen atoms in total. The number of allylic oxidation sites excluding steroid dienone is 2. The molecule has 0 saturated carbocycles. The highest BCUT2D eigenvalue weighted by Gasteiger charge is 2.08. The molecule has 0 aliphatic rings. The van der Waals surface area contributed by atoms with E-state index < -0.39 is 0 Å². The zero-order valence-corrected chi connectivity index (χ0v) is 21.4. The van der Waals surface area contributed by atoms with Gasteiger partial charge in [-0.15, -0.1) is 0 Å². The molecule has 0 unspecified atom stereocenters. The third-order valence-electron chi connectivity index (χ3n) is 5.59. The van der Waals surface area contributed by atoms with Crippen LogP contribution in [0, 0.1) is 12.7 Å². The summed E-state index contributed by atoms with van der Waals surface area (Å²) in [4.78, 5) is 0. The minimum Gasteiger partial charge on any atom is -0.399 e. The van der Waals surface area contributed by atoms with Gasteiger partial charge in [-0.05, 0) is 74.1 Å². The van der Waals surface area contributed by atoms with Gasteiger partial charge in [0.15, 0.2) is 0 Å². The van der Waals surface area contributed by atoms with Gasteiger partial charge in [-0.1, -0.05) is 106 Å². The number of nitrogen functional groups attached to an aromatic ring is 1. The third-order valence-corrected chi connectivity index (χ3v) is 5.59. The molecule has 0 fully saturated rings. The molecule has 0 aromatic heterocycles. The van der Waals surface area contributed by atoms with E-state index in [1.54, 1.807) is 12.1 Å². The Bertz CT molecular complexity index is 953. The van der Waals surface area contributed by atoms with Gasteiger partial charge in [0.05, 0.1) is 0 Å². The van der Waals surface area contributed by atoms with E-state index in [2.05, 4.69) is 76.2 Å². The monoisotopic (exact) mass is 447 g/mol. The number of anilines is 1. The molecule has 3 aromatic carbocycles. The first-order valence-electron chi connectivity index (χ1n) is 12.3. The molecule has 2 heteroatoms. The normalized spacial score (nSPS) is 10.9. The van der Waals surface area contributed by atoms with Gasteiger partial charge in [-0.3, -0.25) is 0 Å². The fraction of sp³-hybridized carbons (Fsp3) is 0.355. The van der Waals surface area contributed by atoms with Crippen LogP contribution in [0.25, 0.3) is 16.7 Å². The number of aryl methyl sites for hydroxylation is 1. The summed E-state index contributed by atoms with van der Waals surface area (Å²) in [5.41, 5.74) is 14.0. The highest BCUT2D eigenvalue weighted by molar-refractivity contribution is 5.81. The largest absolute Gasteiger partial charge is 0.399 e. The van der Waals surface area contributed by atoms with E-state index in [1.807, 2.05) is 13.8 Å². The lowest BCUT2D eigenvalue weighted by Crippen LogP contribution is -1.91. The van der Waals surface area contributed by atoms with Crippen molar-refractivity contribution in [2.75, 3.05) is 5.73 Å². The van der Waals surface area contributed by atoms with Crippen LogP contribution in [-0.4, -0.2) is 0 Å². The van der Waals surface area contributed by atoms with Crippen molar-refractivity contribution >= 4 is 11.3 Å². The van der Waals surface area contributed by atoms with Crippen LogP contribution in [0.15, 0.2) is 78.4 Å². The van der Waals surface area contributed by atoms with E-state index in [0.717, 1.165) is 0 Å². The van der Waals surface area contributed by atoms with Gasteiger partial charge in [0.25, 0.3) is 0 Å². The molecular formula is C31H42FN. The van der Waals surface area contributed by atoms with Crippen molar-refractivity contribution in [2.45, 2.75) is 73.6 Å². The summed E-state index contributed by atoms with van der Waals surface area (Å²) in [5.74, 6) is -0.287. The average molecular weight is 448 g/mol. The standard InChI is InChI=1S/C23H30.C6H6FN.C2H6/c1-5-6-7-8-11-19(3)20(4)22-12-9-10-13-23(22)21-16-14-18(2)15-17-21;7-5-2-1-3-6(8)4-5;1-2/h9-10,12-17H,5-8,11H2,1-4H3;1-4H,8H2;1-2H3/b20-19+;;. The second-order valence-corrected chi connectivity index (χ2v) is 8.18. The van der Waals surface area contributed by atoms with E-state index in [0.29, 0.717) is 5.69 Å². The molecule has 0 radical (unpaired) electrons. The summed E-state index contributed by atoms with van der Waals surface area (Å²) in [5, 5.41) is 0. The molecule has 0 bridgehead atoms. The van der Waals surface area contributed by atoms with Crippen molar-refractivity contribution in [2.24, 2.45) is 0 Å². The molecule has 3 aromatic rings. The zero-order valence-electron chi connectivity index (χ0n) is 21.4. The van der Waals surface area contributed by atoms with E-state index in [4.69, 9.17) is 5.73 Å². The number of hydrogen-bond donors (Lipinski definition) is 1. The SMILES string of the molecule is CC.CCCCCC/C(C)=C(\C)c1ccccc1-c1ccc(C)cc1.Nc1cccc(F)c1. The predicted octanol–water partition coefficient (Wildman–Crippen LogP) is 9.86. The van der Waals surface area contributed by atoms with Gasteiger partial charge < -0.3 is 5.73 Å². The van der Waals surface area contributed by atoms with Gasteiger partial charge in [-0.25, -0.2) is 4.39 Å². The van der Waals surface area contributed by atoms with Gasteiger partial charge in [0.1, 0.15) is 5.82 Å². The molecular weight excluding hydrogens is 405 g/mol. The number of nitrogens with two attached hydrogens (primary N) is 1. The topological polar surface area (TPSA) is 26.0 Å². The second kappa shape index (κ2) is 15.9. The average Bonchev–Trinajstić information content (AvgIpc) is 2.83. The molecule has 0 saturated heterocycles. The fourth-order valence-electron chi connectivity index (χ4n) is 3.54. The van der Waals surface area contributed by atoms with Crippen LogP contribution in [0.1, 0.15) is 77.8 Å². The van der Waals surface area contributed by atoms with Crippen LogP contribution in [-0.2, 0) is 0 Å². The fourth-order valence-corrected chi connectivity index (χ4v) is 3.54. The first kappa shape index (κ1) is 28.2. The summed E-state index contributed by atoms with van der Waals surface area (Å²) < 4.78 is 12.1. The molecule has 0 aliphatic carbocycles. The van der Waals surface area contributed by atoms with Gasteiger partial charge in [-0.2, -0.15) is 0 Å². The summed E-state index contributed by atoms with van der Waals surface area (Å²) in [6.45, 7) is 13.0. The van der Waals surface area contributed by atoms with Crippen LogP contribution in [0.5, 0.6) is 0 Å². The van der Waals surface area contributed by atoms with E-state index in [-0.39, 0.29) is 5.82 Å². The lowest BCUT2D eigenvalue weighted by molar-refractivity contribution is 0.628. The van der Waals surface area contributed by atoms with Crippen LogP contribution in [0.2, 0.25) is 0 Å². The molecule has 33 heavy (non-hydrogen) atoms. The first-order valence-corrected chi connectivity index (χ1v) is 12.3. The highest BCUT2D eigenvalue weighted by Crippen LogP contribution is 2.31. The minimum absolute atomic E-state index is 0.287. The van der Waals surface area contributed by atoms with Crippen molar-refractivity contribution in [1.29, 1.82) is 0 Å². The van der Waals surface area contributed by atoms with Crippen molar-refractivity contribution in [3.63, 3.8) is 0 Å². The highest BCUT2D eigenvalue weighted by atomic mass is 19.1. The maximum Gasteiger partial charge on any atom is 0.125 e. The molecule has 0 heterocycles. The summed E-state index contributed by atoms with van der Waals surface area (Å²) in [6, 6.07) is 23.5. The minimum atomic E-state index is -0.287. The lowest BCUT2D eigenvalue weighted by Gasteiger charge is -2.14. The Morgan fingerprint density at radius 1 is 0.818 bits per heavy atom. The van der Waals surface area contributed by atoms with Gasteiger partial charge in [0, 0.05) is 5.69 Å². The molecule has 0 atom stereocenters. The van der Waals surface area contributed by atoms with Gasteiger partial charge >= 0.3 is 0 Å². The number of halogens is 1. The molecule has 2 N–H and O–H groups in total. The molecule has 0 spiro atoms. The van der Waals surface area contributed by atoms with Crippen LogP contribution >= 0.6 is 0 Å². The Hall–Kier alpha value is -2.87. The van der Waals surface area contributed by atoms with Gasteiger partial charge in [0.2, 0.25) is 0 Å². The maximum atomic E-state index is 12.1. The van der Waals surface area contributed by atoms with Crippen molar-refractivity contribution in [1.82, 2.24) is 0 Å². The first-order chi connectivity index (χ1) is 15.9. The predicted molar refractivity (Wildman–Crippen MR) is 146 cm³/mol. The quantitative estimate of drug-likeness (QED) is 0.283. The van der Waals surface area contributed by atoms with E-state index in [1.165, 1.54) is 77.6 Å². The summed E-state index contributed by atoms with van der Waals surface area (Å²) in [6.07, 6.45) is 6.53.